The third kappa shape index (κ3) is 4.49. The minimum atomic E-state index is -3.60. The lowest BCUT2D eigenvalue weighted by Crippen LogP contribution is -2.31. The van der Waals surface area contributed by atoms with Gasteiger partial charge in [-0.25, -0.2) is 17.8 Å². The SMILES string of the molecule is CC(C)(C)c1ccc(S(=O)(=O)NCCn2ncccc2=O)cc1. The minimum Gasteiger partial charge on any atom is -0.268 e. The summed E-state index contributed by atoms with van der Waals surface area (Å²) < 4.78 is 28.2. The van der Waals surface area contributed by atoms with E-state index in [4.69, 9.17) is 0 Å². The molecule has 6 nitrogen and oxygen atoms in total. The zero-order valence-corrected chi connectivity index (χ0v) is 14.3. The van der Waals surface area contributed by atoms with Crippen LogP contribution in [-0.4, -0.2) is 24.7 Å². The molecule has 0 fully saturated rings. The van der Waals surface area contributed by atoms with Gasteiger partial charge in [-0.1, -0.05) is 32.9 Å². The zero-order valence-electron chi connectivity index (χ0n) is 13.5. The van der Waals surface area contributed by atoms with Crippen LogP contribution in [0.25, 0.3) is 0 Å². The van der Waals surface area contributed by atoms with E-state index in [0.29, 0.717) is 0 Å². The Hall–Kier alpha value is -1.99. The van der Waals surface area contributed by atoms with E-state index in [2.05, 4.69) is 30.6 Å². The average molecular weight is 335 g/mol. The van der Waals surface area contributed by atoms with E-state index in [0.717, 1.165) is 5.56 Å². The predicted molar refractivity (Wildman–Crippen MR) is 88.8 cm³/mol. The Kier molecular flexibility index (Phi) is 5.01. The van der Waals surface area contributed by atoms with E-state index in [1.807, 2.05) is 12.1 Å². The molecular formula is C16H21N3O3S. The van der Waals surface area contributed by atoms with E-state index < -0.39 is 10.0 Å². The molecule has 7 heteroatoms. The number of aromatic nitrogens is 2. The Morgan fingerprint density at radius 1 is 1.13 bits per heavy atom. The molecule has 0 atom stereocenters. The van der Waals surface area contributed by atoms with Gasteiger partial charge in [0.15, 0.2) is 0 Å². The molecule has 1 aromatic carbocycles. The lowest BCUT2D eigenvalue weighted by molar-refractivity contribution is 0.547. The lowest BCUT2D eigenvalue weighted by Gasteiger charge is -2.19. The van der Waals surface area contributed by atoms with Crippen LogP contribution in [0.15, 0.2) is 52.3 Å². The Labute approximate surface area is 136 Å². The normalized spacial score (nSPS) is 12.3. The lowest BCUT2D eigenvalue weighted by atomic mass is 9.87. The molecule has 0 saturated carbocycles. The van der Waals surface area contributed by atoms with Crippen molar-refractivity contribution in [2.24, 2.45) is 0 Å². The predicted octanol–water partition coefficient (Wildman–Crippen LogP) is 1.52. The van der Waals surface area contributed by atoms with Gasteiger partial charge in [0.25, 0.3) is 5.56 Å². The Morgan fingerprint density at radius 3 is 2.35 bits per heavy atom. The molecule has 0 bridgehead atoms. The molecule has 124 valence electrons. The second-order valence-electron chi connectivity index (χ2n) is 6.26. The van der Waals surface area contributed by atoms with Crippen LogP contribution in [0.1, 0.15) is 26.3 Å². The first-order valence-electron chi connectivity index (χ1n) is 7.32. The van der Waals surface area contributed by atoms with Gasteiger partial charge in [0.1, 0.15) is 0 Å². The zero-order chi connectivity index (χ0) is 17.1. The number of hydrogen-bond acceptors (Lipinski definition) is 4. The molecule has 1 aromatic heterocycles. The number of hydrogen-bond donors (Lipinski definition) is 1. The molecule has 2 rings (SSSR count). The standard InChI is InChI=1S/C16H21N3O3S/c1-16(2,3)13-6-8-14(9-7-13)23(21,22)18-11-12-19-15(20)5-4-10-17-19/h4-10,18H,11-12H2,1-3H3. The maximum Gasteiger partial charge on any atom is 0.266 e. The smallest absolute Gasteiger partial charge is 0.266 e. The molecule has 0 aliphatic carbocycles. The molecule has 23 heavy (non-hydrogen) atoms. The van der Waals surface area contributed by atoms with Crippen molar-refractivity contribution in [3.8, 4) is 0 Å². The average Bonchev–Trinajstić information content (AvgIpc) is 2.48. The van der Waals surface area contributed by atoms with E-state index >= 15 is 0 Å². The second kappa shape index (κ2) is 6.64. The van der Waals surface area contributed by atoms with Gasteiger partial charge >= 0.3 is 0 Å². The number of sulfonamides is 1. The van der Waals surface area contributed by atoms with E-state index in [-0.39, 0.29) is 29.0 Å². The molecule has 0 aliphatic heterocycles. The summed E-state index contributed by atoms with van der Waals surface area (Å²) in [4.78, 5) is 11.7. The first kappa shape index (κ1) is 17.4. The maximum absolute atomic E-state index is 12.2. The molecule has 1 heterocycles. The van der Waals surface area contributed by atoms with Crippen LogP contribution in [0.3, 0.4) is 0 Å². The minimum absolute atomic E-state index is 0.0319. The Morgan fingerprint density at radius 2 is 1.78 bits per heavy atom. The van der Waals surface area contributed by atoms with Crippen molar-refractivity contribution in [3.63, 3.8) is 0 Å². The van der Waals surface area contributed by atoms with Gasteiger partial charge in [-0.15, -0.1) is 0 Å². The summed E-state index contributed by atoms with van der Waals surface area (Å²) in [6.07, 6.45) is 1.49. The summed E-state index contributed by atoms with van der Waals surface area (Å²) in [7, 11) is -3.60. The topological polar surface area (TPSA) is 81.1 Å². The Balaban J connectivity index is 2.04. The first-order chi connectivity index (χ1) is 10.7. The van der Waals surface area contributed by atoms with Gasteiger partial charge in [0.05, 0.1) is 11.4 Å². The van der Waals surface area contributed by atoms with Crippen LogP contribution in [0.2, 0.25) is 0 Å². The fourth-order valence-electron chi connectivity index (χ4n) is 2.06. The van der Waals surface area contributed by atoms with Gasteiger partial charge in [-0.3, -0.25) is 4.79 Å². The van der Waals surface area contributed by atoms with Crippen LogP contribution < -0.4 is 10.3 Å². The van der Waals surface area contributed by atoms with Crippen molar-refractivity contribution in [2.45, 2.75) is 37.6 Å². The molecule has 2 aromatic rings. The van der Waals surface area contributed by atoms with Gasteiger partial charge in [-0.2, -0.15) is 5.10 Å². The number of benzene rings is 1. The molecule has 0 amide bonds. The third-order valence-electron chi connectivity index (χ3n) is 3.43. The van der Waals surface area contributed by atoms with E-state index in [1.54, 1.807) is 18.2 Å². The summed E-state index contributed by atoms with van der Waals surface area (Å²) in [5.41, 5.74) is 0.772. The largest absolute Gasteiger partial charge is 0.268 e. The molecule has 0 unspecified atom stereocenters. The molecule has 0 aliphatic rings. The van der Waals surface area contributed by atoms with Gasteiger partial charge in [0, 0.05) is 18.8 Å². The van der Waals surface area contributed by atoms with Crippen molar-refractivity contribution >= 4 is 10.0 Å². The third-order valence-corrected chi connectivity index (χ3v) is 4.91. The highest BCUT2D eigenvalue weighted by atomic mass is 32.2. The van der Waals surface area contributed by atoms with Crippen molar-refractivity contribution in [3.05, 3.63) is 58.5 Å². The number of rotatable bonds is 5. The molecular weight excluding hydrogens is 314 g/mol. The highest BCUT2D eigenvalue weighted by molar-refractivity contribution is 7.89. The van der Waals surface area contributed by atoms with Crippen molar-refractivity contribution in [2.75, 3.05) is 6.54 Å². The summed E-state index contributed by atoms with van der Waals surface area (Å²) in [5, 5.41) is 3.88. The second-order valence-corrected chi connectivity index (χ2v) is 8.02. The van der Waals surface area contributed by atoms with Crippen molar-refractivity contribution in [1.29, 1.82) is 0 Å². The number of nitrogens with zero attached hydrogens (tertiary/aromatic N) is 2. The fraction of sp³-hybridized carbons (Fsp3) is 0.375. The van der Waals surface area contributed by atoms with Crippen LogP contribution in [0.5, 0.6) is 0 Å². The molecule has 0 spiro atoms. The number of nitrogens with one attached hydrogen (secondary N) is 1. The monoisotopic (exact) mass is 335 g/mol. The highest BCUT2D eigenvalue weighted by Gasteiger charge is 2.17. The van der Waals surface area contributed by atoms with Gasteiger partial charge < -0.3 is 0 Å². The molecule has 1 N–H and O–H groups in total. The highest BCUT2D eigenvalue weighted by Crippen LogP contribution is 2.23. The summed E-state index contributed by atoms with van der Waals surface area (Å²) >= 11 is 0. The van der Waals surface area contributed by atoms with Crippen LogP contribution in [0.4, 0.5) is 0 Å². The van der Waals surface area contributed by atoms with Gasteiger partial charge in [-0.05, 0) is 29.2 Å². The van der Waals surface area contributed by atoms with Crippen molar-refractivity contribution in [1.82, 2.24) is 14.5 Å². The summed E-state index contributed by atoms with van der Waals surface area (Å²) in [6.45, 7) is 6.48. The maximum atomic E-state index is 12.2. The van der Waals surface area contributed by atoms with Crippen LogP contribution in [-0.2, 0) is 22.0 Å². The fourth-order valence-corrected chi connectivity index (χ4v) is 3.08. The quantitative estimate of drug-likeness (QED) is 0.898. The van der Waals surface area contributed by atoms with E-state index in [9.17, 15) is 13.2 Å². The van der Waals surface area contributed by atoms with Crippen molar-refractivity contribution < 1.29 is 8.42 Å². The molecule has 0 saturated heterocycles. The molecule has 0 radical (unpaired) electrons. The summed E-state index contributed by atoms with van der Waals surface area (Å²) in [5.74, 6) is 0. The van der Waals surface area contributed by atoms with Crippen LogP contribution >= 0.6 is 0 Å². The summed E-state index contributed by atoms with van der Waals surface area (Å²) in [6, 6.07) is 9.74. The Bertz CT molecular complexity index is 819. The van der Waals surface area contributed by atoms with Gasteiger partial charge in [0.2, 0.25) is 10.0 Å². The first-order valence-corrected chi connectivity index (χ1v) is 8.81. The van der Waals surface area contributed by atoms with E-state index in [1.165, 1.54) is 16.9 Å². The van der Waals surface area contributed by atoms with Crippen LogP contribution in [0, 0.1) is 0 Å².